The number of nitrogens with one attached hydrogen (secondary N) is 2. The summed E-state index contributed by atoms with van der Waals surface area (Å²) >= 11 is 1.74. The number of carbonyl (C=O) groups excluding carboxylic acids is 1. The molecule has 160 valence electrons. The van der Waals surface area contributed by atoms with Gasteiger partial charge in [-0.1, -0.05) is 30.0 Å². The highest BCUT2D eigenvalue weighted by atomic mass is 32.2. The third-order valence-electron chi connectivity index (χ3n) is 4.98. The first kappa shape index (κ1) is 22.0. The number of amides is 1. The van der Waals surface area contributed by atoms with E-state index in [1.54, 1.807) is 11.8 Å². The van der Waals surface area contributed by atoms with Crippen LogP contribution in [0.5, 0.6) is 5.75 Å². The van der Waals surface area contributed by atoms with Gasteiger partial charge in [-0.15, -0.1) is 0 Å². The second-order valence-electron chi connectivity index (χ2n) is 7.42. The molecule has 8 heteroatoms. The van der Waals surface area contributed by atoms with Gasteiger partial charge < -0.3 is 26.4 Å². The number of benzene rings is 2. The highest BCUT2D eigenvalue weighted by Gasteiger charge is 2.32. The number of ether oxygens (including phenoxy) is 1. The van der Waals surface area contributed by atoms with Crippen molar-refractivity contribution in [3.05, 3.63) is 53.6 Å². The monoisotopic (exact) mass is 427 g/mol. The molecule has 1 amide bonds. The molecule has 1 heterocycles. The first-order valence-corrected chi connectivity index (χ1v) is 10.8. The molecule has 0 spiro atoms. The van der Waals surface area contributed by atoms with E-state index in [1.165, 1.54) is 6.92 Å². The molecule has 0 aliphatic carbocycles. The van der Waals surface area contributed by atoms with Crippen molar-refractivity contribution in [1.29, 1.82) is 5.41 Å². The van der Waals surface area contributed by atoms with E-state index < -0.39 is 0 Å². The largest absolute Gasteiger partial charge is 0.493 e. The lowest BCUT2D eigenvalue weighted by Gasteiger charge is -2.27. The number of anilines is 1. The minimum Gasteiger partial charge on any atom is -0.493 e. The number of hydrogen-bond acceptors (Lipinski definition) is 6. The summed E-state index contributed by atoms with van der Waals surface area (Å²) in [5.41, 5.74) is 15.1. The van der Waals surface area contributed by atoms with Crippen molar-refractivity contribution in [2.45, 2.75) is 36.1 Å². The SMILES string of the molecule is CC(=O)NCCCOc1ccc2c(c1)SC(C(N)Cc1cccc(C(=N)N)c1)N2C. The van der Waals surface area contributed by atoms with Crippen molar-refractivity contribution in [2.24, 2.45) is 11.5 Å². The van der Waals surface area contributed by atoms with Crippen molar-refractivity contribution in [2.75, 3.05) is 25.1 Å². The van der Waals surface area contributed by atoms with Gasteiger partial charge in [-0.2, -0.15) is 0 Å². The Morgan fingerprint density at radius 3 is 2.87 bits per heavy atom. The van der Waals surface area contributed by atoms with Crippen molar-refractivity contribution in [3.63, 3.8) is 0 Å². The van der Waals surface area contributed by atoms with Gasteiger partial charge in [0.05, 0.1) is 17.7 Å². The molecule has 0 saturated carbocycles. The molecule has 3 rings (SSSR count). The standard InChI is InChI=1S/C22H29N5O2S/c1-14(28)26-9-4-10-29-17-7-8-19-20(13-17)30-22(27(19)2)18(23)12-15-5-3-6-16(11-15)21(24)25/h3,5-8,11,13,18,22H,4,9-10,12,23H2,1-2H3,(H3,24,25)(H,26,28). The Bertz CT molecular complexity index is 920. The van der Waals surface area contributed by atoms with E-state index in [9.17, 15) is 4.79 Å². The number of nitrogen functional groups attached to an aromatic ring is 1. The molecule has 0 radical (unpaired) electrons. The first-order chi connectivity index (χ1) is 14.3. The fraction of sp³-hybridized carbons (Fsp3) is 0.364. The Morgan fingerprint density at radius 1 is 1.33 bits per heavy atom. The zero-order chi connectivity index (χ0) is 21.7. The van der Waals surface area contributed by atoms with E-state index in [2.05, 4.69) is 29.4 Å². The maximum Gasteiger partial charge on any atom is 0.216 e. The minimum absolute atomic E-state index is 0.0256. The highest BCUT2D eigenvalue weighted by molar-refractivity contribution is 8.00. The molecule has 0 bridgehead atoms. The number of thioether (sulfide) groups is 1. The molecule has 7 nitrogen and oxygen atoms in total. The van der Waals surface area contributed by atoms with Crippen LogP contribution in [0.4, 0.5) is 5.69 Å². The molecule has 2 aromatic carbocycles. The Balaban J connectivity index is 1.59. The number of nitrogens with zero attached hydrogens (tertiary/aromatic N) is 1. The molecule has 1 aliphatic heterocycles. The van der Waals surface area contributed by atoms with Gasteiger partial charge in [-0.25, -0.2) is 0 Å². The predicted octanol–water partition coefficient (Wildman–Crippen LogP) is 2.31. The molecule has 30 heavy (non-hydrogen) atoms. The third kappa shape index (κ3) is 5.46. The van der Waals surface area contributed by atoms with Crippen LogP contribution in [0.2, 0.25) is 0 Å². The number of likely N-dealkylation sites (N-methyl/N-ethyl adjacent to an activating group) is 1. The molecular formula is C22H29N5O2S. The highest BCUT2D eigenvalue weighted by Crippen LogP contribution is 2.45. The molecule has 0 saturated heterocycles. The number of amidine groups is 1. The van der Waals surface area contributed by atoms with Crippen LogP contribution in [-0.2, 0) is 11.2 Å². The average Bonchev–Trinajstić information content (AvgIpc) is 3.04. The number of fused-ring (bicyclic) bond motifs is 1. The smallest absolute Gasteiger partial charge is 0.216 e. The van der Waals surface area contributed by atoms with Crippen molar-refractivity contribution >= 4 is 29.2 Å². The van der Waals surface area contributed by atoms with E-state index in [-0.39, 0.29) is 23.2 Å². The molecule has 0 fully saturated rings. The summed E-state index contributed by atoms with van der Waals surface area (Å²) in [5, 5.41) is 10.5. The summed E-state index contributed by atoms with van der Waals surface area (Å²) in [6.45, 7) is 2.67. The van der Waals surface area contributed by atoms with Gasteiger partial charge in [-0.05, 0) is 42.7 Å². The van der Waals surface area contributed by atoms with Gasteiger partial charge in [0, 0.05) is 37.0 Å². The zero-order valence-electron chi connectivity index (χ0n) is 17.4. The van der Waals surface area contributed by atoms with Crippen LogP contribution in [0, 0.1) is 5.41 Å². The lowest BCUT2D eigenvalue weighted by atomic mass is 10.0. The van der Waals surface area contributed by atoms with Crippen molar-refractivity contribution < 1.29 is 9.53 Å². The fourth-order valence-electron chi connectivity index (χ4n) is 3.46. The van der Waals surface area contributed by atoms with Gasteiger partial charge in [0.1, 0.15) is 11.6 Å². The van der Waals surface area contributed by atoms with Gasteiger partial charge in [0.15, 0.2) is 0 Å². The van der Waals surface area contributed by atoms with Crippen molar-refractivity contribution in [1.82, 2.24) is 5.32 Å². The normalized spacial score (nSPS) is 16.1. The number of carbonyl (C=O) groups is 1. The topological polar surface area (TPSA) is 117 Å². The summed E-state index contributed by atoms with van der Waals surface area (Å²) in [5.74, 6) is 0.859. The van der Waals surface area contributed by atoms with Crippen LogP contribution in [0.15, 0.2) is 47.4 Å². The summed E-state index contributed by atoms with van der Waals surface area (Å²) < 4.78 is 5.83. The van der Waals surface area contributed by atoms with Crippen LogP contribution in [0.1, 0.15) is 24.5 Å². The molecule has 2 aromatic rings. The maximum atomic E-state index is 10.9. The van der Waals surface area contributed by atoms with Crippen LogP contribution in [0.25, 0.3) is 0 Å². The van der Waals surface area contributed by atoms with Crippen molar-refractivity contribution in [3.8, 4) is 5.75 Å². The van der Waals surface area contributed by atoms with E-state index in [0.717, 1.165) is 33.9 Å². The predicted molar refractivity (Wildman–Crippen MR) is 122 cm³/mol. The van der Waals surface area contributed by atoms with Crippen LogP contribution >= 0.6 is 11.8 Å². The van der Waals surface area contributed by atoms with Gasteiger partial charge in [0.2, 0.25) is 5.91 Å². The lowest BCUT2D eigenvalue weighted by molar-refractivity contribution is -0.118. The summed E-state index contributed by atoms with van der Waals surface area (Å²) in [4.78, 5) is 14.3. The molecule has 2 unspecified atom stereocenters. The molecular weight excluding hydrogens is 398 g/mol. The van der Waals surface area contributed by atoms with Gasteiger partial charge in [0.25, 0.3) is 0 Å². The molecule has 6 N–H and O–H groups in total. The Morgan fingerprint density at radius 2 is 2.13 bits per heavy atom. The molecule has 1 aliphatic rings. The summed E-state index contributed by atoms with van der Waals surface area (Å²) in [7, 11) is 2.06. The quantitative estimate of drug-likeness (QED) is 0.277. The Kier molecular flexibility index (Phi) is 7.23. The Hall–Kier alpha value is -2.71. The summed E-state index contributed by atoms with van der Waals surface area (Å²) in [6.07, 6.45) is 1.46. The molecule has 0 aromatic heterocycles. The lowest BCUT2D eigenvalue weighted by Crippen LogP contribution is -2.43. The first-order valence-electron chi connectivity index (χ1n) is 9.95. The average molecular weight is 428 g/mol. The second-order valence-corrected chi connectivity index (χ2v) is 8.57. The van der Waals surface area contributed by atoms with Gasteiger partial charge in [-0.3, -0.25) is 10.2 Å². The van der Waals surface area contributed by atoms with E-state index >= 15 is 0 Å². The number of nitrogens with two attached hydrogens (primary N) is 2. The minimum atomic E-state index is -0.0865. The van der Waals surface area contributed by atoms with E-state index in [1.807, 2.05) is 30.3 Å². The maximum absolute atomic E-state index is 10.9. The molecule has 2 atom stereocenters. The number of rotatable bonds is 9. The second kappa shape index (κ2) is 9.86. The van der Waals surface area contributed by atoms with Gasteiger partial charge >= 0.3 is 0 Å². The van der Waals surface area contributed by atoms with Crippen LogP contribution in [-0.4, -0.2) is 43.4 Å². The van der Waals surface area contributed by atoms with Crippen LogP contribution < -0.4 is 26.4 Å². The Labute approximate surface area is 181 Å². The van der Waals surface area contributed by atoms with E-state index in [0.29, 0.717) is 19.6 Å². The summed E-state index contributed by atoms with van der Waals surface area (Å²) in [6, 6.07) is 13.7. The third-order valence-corrected chi connectivity index (χ3v) is 6.47. The zero-order valence-corrected chi connectivity index (χ0v) is 18.2. The van der Waals surface area contributed by atoms with Crippen LogP contribution in [0.3, 0.4) is 0 Å². The fourth-order valence-corrected chi connectivity index (χ4v) is 4.78. The number of hydrogen-bond donors (Lipinski definition) is 4. The van der Waals surface area contributed by atoms with E-state index in [4.69, 9.17) is 21.6 Å².